The SMILES string of the molecule is C=C1CCC2C3C(CCC12C)c1ccc(O)cc1C[C@@H]3C. The Morgan fingerprint density at radius 1 is 1.29 bits per heavy atom. The quantitative estimate of drug-likeness (QED) is 0.660. The minimum atomic E-state index is 0.393. The van der Waals surface area contributed by atoms with Gasteiger partial charge in [-0.05, 0) is 84.5 Å². The lowest BCUT2D eigenvalue weighted by atomic mass is 9.52. The van der Waals surface area contributed by atoms with E-state index in [1.165, 1.54) is 42.4 Å². The Hall–Kier alpha value is -1.24. The van der Waals surface area contributed by atoms with Crippen LogP contribution in [-0.2, 0) is 6.42 Å². The predicted molar refractivity (Wildman–Crippen MR) is 86.4 cm³/mol. The van der Waals surface area contributed by atoms with Crippen molar-refractivity contribution >= 4 is 0 Å². The zero-order valence-electron chi connectivity index (χ0n) is 13.2. The molecule has 1 heteroatoms. The van der Waals surface area contributed by atoms with Gasteiger partial charge in [-0.3, -0.25) is 0 Å². The summed E-state index contributed by atoms with van der Waals surface area (Å²) in [4.78, 5) is 0. The van der Waals surface area contributed by atoms with Gasteiger partial charge in [0.05, 0.1) is 0 Å². The van der Waals surface area contributed by atoms with E-state index in [-0.39, 0.29) is 0 Å². The monoisotopic (exact) mass is 282 g/mol. The molecule has 0 aromatic heterocycles. The molecule has 1 nitrogen and oxygen atoms in total. The van der Waals surface area contributed by atoms with Gasteiger partial charge >= 0.3 is 0 Å². The summed E-state index contributed by atoms with van der Waals surface area (Å²) in [5.41, 5.74) is 4.82. The van der Waals surface area contributed by atoms with Crippen LogP contribution in [-0.4, -0.2) is 5.11 Å². The summed E-state index contributed by atoms with van der Waals surface area (Å²) >= 11 is 0. The van der Waals surface area contributed by atoms with Crippen LogP contribution in [0.2, 0.25) is 0 Å². The van der Waals surface area contributed by atoms with Crippen LogP contribution in [0.3, 0.4) is 0 Å². The molecule has 5 atom stereocenters. The fourth-order valence-electron chi connectivity index (χ4n) is 5.87. The van der Waals surface area contributed by atoms with Crippen molar-refractivity contribution in [2.24, 2.45) is 23.2 Å². The lowest BCUT2D eigenvalue weighted by molar-refractivity contribution is 0.0492. The van der Waals surface area contributed by atoms with Crippen LogP contribution in [0.15, 0.2) is 30.4 Å². The fourth-order valence-corrected chi connectivity index (χ4v) is 5.87. The van der Waals surface area contributed by atoms with Gasteiger partial charge in [-0.15, -0.1) is 0 Å². The summed E-state index contributed by atoms with van der Waals surface area (Å²) in [5, 5.41) is 9.78. The van der Waals surface area contributed by atoms with Gasteiger partial charge in [-0.25, -0.2) is 0 Å². The molecule has 0 saturated heterocycles. The normalized spacial score (nSPS) is 41.3. The van der Waals surface area contributed by atoms with Gasteiger partial charge < -0.3 is 5.11 Å². The Morgan fingerprint density at radius 3 is 2.90 bits per heavy atom. The second-order valence-electron chi connectivity index (χ2n) is 7.95. The van der Waals surface area contributed by atoms with Gasteiger partial charge in [0.2, 0.25) is 0 Å². The first-order valence-electron chi connectivity index (χ1n) is 8.51. The molecule has 0 amide bonds. The van der Waals surface area contributed by atoms with Crippen LogP contribution in [0, 0.1) is 23.2 Å². The molecule has 1 aromatic rings. The molecule has 4 rings (SSSR count). The summed E-state index contributed by atoms with van der Waals surface area (Å²) in [6, 6.07) is 6.08. The van der Waals surface area contributed by atoms with Crippen molar-refractivity contribution in [2.75, 3.05) is 0 Å². The molecule has 0 heterocycles. The van der Waals surface area contributed by atoms with E-state index in [1.807, 2.05) is 12.1 Å². The first-order valence-corrected chi connectivity index (χ1v) is 8.51. The number of fused-ring (bicyclic) bond motifs is 5. The van der Waals surface area contributed by atoms with Crippen LogP contribution < -0.4 is 0 Å². The van der Waals surface area contributed by atoms with Crippen LogP contribution in [0.4, 0.5) is 0 Å². The van der Waals surface area contributed by atoms with Gasteiger partial charge in [0.15, 0.2) is 0 Å². The van der Waals surface area contributed by atoms with E-state index in [0.717, 1.165) is 24.2 Å². The van der Waals surface area contributed by atoms with Crippen LogP contribution in [0.1, 0.15) is 56.6 Å². The van der Waals surface area contributed by atoms with Crippen molar-refractivity contribution in [3.8, 4) is 5.75 Å². The molecule has 2 fully saturated rings. The highest BCUT2D eigenvalue weighted by atomic mass is 16.3. The molecule has 1 N–H and O–H groups in total. The minimum absolute atomic E-state index is 0.393. The maximum Gasteiger partial charge on any atom is 0.115 e. The number of phenols is 1. The van der Waals surface area contributed by atoms with Crippen molar-refractivity contribution < 1.29 is 5.11 Å². The largest absolute Gasteiger partial charge is 0.508 e. The van der Waals surface area contributed by atoms with E-state index in [4.69, 9.17) is 0 Å². The summed E-state index contributed by atoms with van der Waals surface area (Å²) < 4.78 is 0. The number of aromatic hydroxyl groups is 1. The Balaban J connectivity index is 1.77. The highest BCUT2D eigenvalue weighted by Crippen LogP contribution is 2.63. The van der Waals surface area contributed by atoms with Crippen molar-refractivity contribution in [3.63, 3.8) is 0 Å². The molecule has 0 aliphatic heterocycles. The summed E-state index contributed by atoms with van der Waals surface area (Å²) in [5.74, 6) is 3.48. The number of phenolic OH excluding ortho intramolecular Hbond substituents is 1. The molecule has 0 spiro atoms. The lowest BCUT2D eigenvalue weighted by Gasteiger charge is -2.52. The third kappa shape index (κ3) is 1.76. The van der Waals surface area contributed by atoms with Crippen molar-refractivity contribution in [2.45, 2.75) is 51.9 Å². The van der Waals surface area contributed by atoms with Crippen molar-refractivity contribution in [1.29, 1.82) is 0 Å². The second-order valence-corrected chi connectivity index (χ2v) is 7.95. The highest BCUT2D eigenvalue weighted by Gasteiger charge is 2.53. The number of rotatable bonds is 0. The second kappa shape index (κ2) is 4.38. The number of hydrogen-bond donors (Lipinski definition) is 1. The van der Waals surface area contributed by atoms with Crippen molar-refractivity contribution in [1.82, 2.24) is 0 Å². The van der Waals surface area contributed by atoms with Crippen LogP contribution in [0.25, 0.3) is 0 Å². The molecule has 2 saturated carbocycles. The first-order chi connectivity index (χ1) is 10.0. The number of allylic oxidation sites excluding steroid dienone is 1. The van der Waals surface area contributed by atoms with Gasteiger partial charge in [0.1, 0.15) is 5.75 Å². The predicted octanol–water partition coefficient (Wildman–Crippen LogP) is 5.05. The zero-order chi connectivity index (χ0) is 14.8. The fraction of sp³-hybridized carbons (Fsp3) is 0.600. The Kier molecular flexibility index (Phi) is 2.80. The first kappa shape index (κ1) is 13.4. The molecule has 112 valence electrons. The smallest absolute Gasteiger partial charge is 0.115 e. The maximum absolute atomic E-state index is 9.78. The molecule has 21 heavy (non-hydrogen) atoms. The van der Waals surface area contributed by atoms with E-state index in [1.54, 1.807) is 0 Å². The number of benzene rings is 1. The maximum atomic E-state index is 9.78. The topological polar surface area (TPSA) is 20.2 Å². The highest BCUT2D eigenvalue weighted by molar-refractivity contribution is 5.41. The molecule has 0 bridgehead atoms. The van der Waals surface area contributed by atoms with Crippen molar-refractivity contribution in [3.05, 3.63) is 41.5 Å². The molecule has 4 unspecified atom stereocenters. The zero-order valence-corrected chi connectivity index (χ0v) is 13.2. The van der Waals surface area contributed by atoms with Gasteiger partial charge in [0, 0.05) is 0 Å². The van der Waals surface area contributed by atoms with E-state index in [2.05, 4.69) is 26.5 Å². The number of hydrogen-bond acceptors (Lipinski definition) is 1. The van der Waals surface area contributed by atoms with Crippen LogP contribution >= 0.6 is 0 Å². The summed E-state index contributed by atoms with van der Waals surface area (Å²) in [6.45, 7) is 9.30. The average Bonchev–Trinajstić information content (AvgIpc) is 2.74. The van der Waals surface area contributed by atoms with E-state index >= 15 is 0 Å². The van der Waals surface area contributed by atoms with Gasteiger partial charge in [-0.2, -0.15) is 0 Å². The Morgan fingerprint density at radius 2 is 2.10 bits per heavy atom. The summed E-state index contributed by atoms with van der Waals surface area (Å²) in [7, 11) is 0. The molecule has 3 aliphatic carbocycles. The van der Waals surface area contributed by atoms with Gasteiger partial charge in [0.25, 0.3) is 0 Å². The Bertz CT molecular complexity index is 602. The lowest BCUT2D eigenvalue weighted by Crippen LogP contribution is -2.43. The average molecular weight is 282 g/mol. The van der Waals surface area contributed by atoms with E-state index in [0.29, 0.717) is 17.1 Å². The third-order valence-electron chi connectivity index (χ3n) is 7.01. The van der Waals surface area contributed by atoms with Gasteiger partial charge in [-0.1, -0.05) is 32.1 Å². The molecule has 3 aliphatic rings. The van der Waals surface area contributed by atoms with E-state index in [9.17, 15) is 5.11 Å². The molecular weight excluding hydrogens is 256 g/mol. The minimum Gasteiger partial charge on any atom is -0.508 e. The van der Waals surface area contributed by atoms with Crippen LogP contribution in [0.5, 0.6) is 5.75 Å². The molecule has 0 radical (unpaired) electrons. The Labute approximate surface area is 128 Å². The van der Waals surface area contributed by atoms with E-state index < -0.39 is 0 Å². The summed E-state index contributed by atoms with van der Waals surface area (Å²) in [6.07, 6.45) is 6.29. The molecule has 1 aromatic carbocycles. The third-order valence-corrected chi connectivity index (χ3v) is 7.01. The molecular formula is C20H26O. The standard InChI is InChI=1S/C20H26O/c1-12-10-14-11-15(21)5-6-16(14)17-8-9-20(3)13(2)4-7-18(20)19(12)17/h5-6,11-12,17-19,21H,2,4,7-10H2,1,3H3/t12-,17?,18?,19?,20?/m0/s1.